The van der Waals surface area contributed by atoms with Crippen molar-refractivity contribution in [3.05, 3.63) is 0 Å². The van der Waals surface area contributed by atoms with Crippen molar-refractivity contribution < 1.29 is 19.4 Å². The molecule has 2 rings (SSSR count). The van der Waals surface area contributed by atoms with Gasteiger partial charge in [0.1, 0.15) is 5.60 Å². The summed E-state index contributed by atoms with van der Waals surface area (Å²) in [5, 5.41) is 9.60. The first-order valence-corrected chi connectivity index (χ1v) is 7.40. The molecule has 1 N–H and O–H groups in total. The topological polar surface area (TPSA) is 66.8 Å². The molecule has 2 aliphatic heterocycles. The molecular weight excluding hydrogens is 258 g/mol. The summed E-state index contributed by atoms with van der Waals surface area (Å²) in [6, 6.07) is -0.113. The van der Waals surface area contributed by atoms with E-state index in [4.69, 9.17) is 4.74 Å². The molecule has 2 heterocycles. The molecule has 1 amide bonds. The van der Waals surface area contributed by atoms with Gasteiger partial charge in [-0.2, -0.15) is 0 Å². The number of nitrogens with zero attached hydrogens (tertiary/aromatic N) is 1. The van der Waals surface area contributed by atoms with E-state index in [-0.39, 0.29) is 18.2 Å². The van der Waals surface area contributed by atoms with Crippen LogP contribution in [0.1, 0.15) is 59.8 Å². The molecule has 2 bridgehead atoms. The molecule has 0 aromatic heterocycles. The van der Waals surface area contributed by atoms with E-state index in [2.05, 4.69) is 0 Å². The average Bonchev–Trinajstić information content (AvgIpc) is 2.62. The molecule has 0 aromatic rings. The van der Waals surface area contributed by atoms with Gasteiger partial charge in [-0.1, -0.05) is 6.42 Å². The minimum absolute atomic E-state index is 0.135. The Bertz CT molecular complexity index is 415. The molecule has 3 unspecified atom stereocenters. The van der Waals surface area contributed by atoms with E-state index in [1.165, 1.54) is 0 Å². The molecule has 0 spiro atoms. The zero-order valence-corrected chi connectivity index (χ0v) is 12.8. The second kappa shape index (κ2) is 4.93. The first kappa shape index (κ1) is 15.1. The highest BCUT2D eigenvalue weighted by molar-refractivity contribution is 5.78. The number of carbonyl (C=O) groups is 2. The standard InChI is InChI=1S/C15H25NO4/c1-14(2,3)20-13(19)16-10-6-5-9-15(4,12(17)18)11(16)8-7-10/h10-11H,5-9H2,1-4H3,(H,17,18). The smallest absolute Gasteiger partial charge is 0.410 e. The quantitative estimate of drug-likeness (QED) is 0.803. The molecule has 0 aromatic carbocycles. The Labute approximate surface area is 120 Å². The highest BCUT2D eigenvalue weighted by atomic mass is 16.6. The lowest BCUT2D eigenvalue weighted by Gasteiger charge is -2.37. The monoisotopic (exact) mass is 283 g/mol. The Morgan fingerprint density at radius 2 is 1.90 bits per heavy atom. The Morgan fingerprint density at radius 3 is 2.45 bits per heavy atom. The fraction of sp³-hybridized carbons (Fsp3) is 0.867. The summed E-state index contributed by atoms with van der Waals surface area (Å²) in [5.41, 5.74) is -1.41. The van der Waals surface area contributed by atoms with E-state index in [9.17, 15) is 14.7 Å². The number of fused-ring (bicyclic) bond motifs is 2. The maximum Gasteiger partial charge on any atom is 0.410 e. The van der Waals surface area contributed by atoms with Crippen LogP contribution in [-0.2, 0) is 9.53 Å². The lowest BCUT2D eigenvalue weighted by Crippen LogP contribution is -2.51. The van der Waals surface area contributed by atoms with Gasteiger partial charge in [-0.3, -0.25) is 4.79 Å². The highest BCUT2D eigenvalue weighted by Crippen LogP contribution is 2.45. The largest absolute Gasteiger partial charge is 0.481 e. The van der Waals surface area contributed by atoms with Crippen LogP contribution in [0.2, 0.25) is 0 Å². The van der Waals surface area contributed by atoms with Gasteiger partial charge in [0, 0.05) is 6.04 Å². The van der Waals surface area contributed by atoms with E-state index in [1.807, 2.05) is 20.8 Å². The summed E-state index contributed by atoms with van der Waals surface area (Å²) in [4.78, 5) is 25.9. The number of rotatable bonds is 1. The predicted octanol–water partition coefficient (Wildman–Crippen LogP) is 3.03. The zero-order valence-electron chi connectivity index (χ0n) is 12.8. The molecule has 0 aliphatic carbocycles. The van der Waals surface area contributed by atoms with Crippen molar-refractivity contribution >= 4 is 12.1 Å². The molecule has 0 saturated carbocycles. The Morgan fingerprint density at radius 1 is 1.25 bits per heavy atom. The predicted molar refractivity (Wildman–Crippen MR) is 74.5 cm³/mol. The molecule has 3 atom stereocenters. The lowest BCUT2D eigenvalue weighted by atomic mass is 9.76. The van der Waals surface area contributed by atoms with Crippen LogP contribution in [0.3, 0.4) is 0 Å². The van der Waals surface area contributed by atoms with Crippen molar-refractivity contribution in [1.29, 1.82) is 0 Å². The van der Waals surface area contributed by atoms with Gasteiger partial charge in [-0.05, 0) is 53.4 Å². The zero-order chi connectivity index (χ0) is 15.1. The minimum Gasteiger partial charge on any atom is -0.481 e. The molecule has 20 heavy (non-hydrogen) atoms. The van der Waals surface area contributed by atoms with E-state index < -0.39 is 17.0 Å². The van der Waals surface area contributed by atoms with Crippen molar-refractivity contribution in [2.45, 2.75) is 77.5 Å². The minimum atomic E-state index is -0.859. The Kier molecular flexibility index (Phi) is 3.73. The second-order valence-corrected chi connectivity index (χ2v) is 7.25. The van der Waals surface area contributed by atoms with Gasteiger partial charge in [0.05, 0.1) is 11.5 Å². The van der Waals surface area contributed by atoms with Crippen molar-refractivity contribution in [3.63, 3.8) is 0 Å². The van der Waals surface area contributed by atoms with Gasteiger partial charge in [0.15, 0.2) is 0 Å². The molecule has 2 aliphatic rings. The third-order valence-corrected chi connectivity index (χ3v) is 4.56. The first-order valence-electron chi connectivity index (χ1n) is 7.40. The molecule has 5 nitrogen and oxygen atoms in total. The van der Waals surface area contributed by atoms with Crippen molar-refractivity contribution in [3.8, 4) is 0 Å². The number of amides is 1. The normalized spacial score (nSPS) is 33.7. The number of hydrogen-bond acceptors (Lipinski definition) is 3. The lowest BCUT2D eigenvalue weighted by molar-refractivity contribution is -0.151. The van der Waals surface area contributed by atoms with Gasteiger partial charge in [0.2, 0.25) is 0 Å². The van der Waals surface area contributed by atoms with Crippen LogP contribution in [-0.4, -0.2) is 39.8 Å². The highest BCUT2D eigenvalue weighted by Gasteiger charge is 2.53. The maximum atomic E-state index is 12.4. The van der Waals surface area contributed by atoms with Crippen molar-refractivity contribution in [1.82, 2.24) is 4.90 Å². The average molecular weight is 283 g/mol. The van der Waals surface area contributed by atoms with Gasteiger partial charge >= 0.3 is 12.1 Å². The van der Waals surface area contributed by atoms with Gasteiger partial charge in [-0.25, -0.2) is 4.79 Å². The Balaban J connectivity index is 2.28. The molecular formula is C15H25NO4. The van der Waals surface area contributed by atoms with E-state index in [0.29, 0.717) is 6.42 Å². The third kappa shape index (κ3) is 2.63. The van der Waals surface area contributed by atoms with Crippen LogP contribution in [0.25, 0.3) is 0 Å². The number of ether oxygens (including phenoxy) is 1. The van der Waals surface area contributed by atoms with Crippen molar-refractivity contribution in [2.75, 3.05) is 0 Å². The van der Waals surface area contributed by atoms with Crippen LogP contribution in [0, 0.1) is 5.41 Å². The van der Waals surface area contributed by atoms with Crippen LogP contribution in [0.4, 0.5) is 4.79 Å². The summed E-state index contributed by atoms with van der Waals surface area (Å²) >= 11 is 0. The SMILES string of the molecule is CC(C)(C)OC(=O)N1C2CCCC(C)(C(=O)O)C1CC2. The Hall–Kier alpha value is -1.26. The fourth-order valence-electron chi connectivity index (χ4n) is 3.50. The number of carbonyl (C=O) groups excluding carboxylic acids is 1. The number of hydrogen-bond donors (Lipinski definition) is 1. The fourth-order valence-corrected chi connectivity index (χ4v) is 3.50. The summed E-state index contributed by atoms with van der Waals surface area (Å²) in [5.74, 6) is -0.807. The number of carboxylic acids is 1. The van der Waals surface area contributed by atoms with Gasteiger partial charge < -0.3 is 14.7 Å². The summed E-state index contributed by atoms with van der Waals surface area (Å²) < 4.78 is 5.48. The maximum absolute atomic E-state index is 12.4. The molecule has 0 radical (unpaired) electrons. The van der Waals surface area contributed by atoms with Crippen LogP contribution < -0.4 is 0 Å². The molecule has 2 fully saturated rings. The second-order valence-electron chi connectivity index (χ2n) is 7.25. The third-order valence-electron chi connectivity index (χ3n) is 4.56. The van der Waals surface area contributed by atoms with Gasteiger partial charge in [0.25, 0.3) is 0 Å². The van der Waals surface area contributed by atoms with E-state index in [0.717, 1.165) is 25.7 Å². The van der Waals surface area contributed by atoms with E-state index in [1.54, 1.807) is 11.8 Å². The van der Waals surface area contributed by atoms with Crippen LogP contribution >= 0.6 is 0 Å². The molecule has 114 valence electrons. The summed E-state index contributed by atoms with van der Waals surface area (Å²) in [7, 11) is 0. The van der Waals surface area contributed by atoms with E-state index >= 15 is 0 Å². The molecule has 2 saturated heterocycles. The first-order chi connectivity index (χ1) is 9.15. The number of aliphatic carboxylic acids is 1. The van der Waals surface area contributed by atoms with Crippen LogP contribution in [0.5, 0.6) is 0 Å². The molecule has 5 heteroatoms. The van der Waals surface area contributed by atoms with Crippen molar-refractivity contribution in [2.24, 2.45) is 5.41 Å². The van der Waals surface area contributed by atoms with Gasteiger partial charge in [-0.15, -0.1) is 0 Å². The van der Waals surface area contributed by atoms with Crippen LogP contribution in [0.15, 0.2) is 0 Å². The summed E-state index contributed by atoms with van der Waals surface area (Å²) in [6.07, 6.45) is 3.63. The summed E-state index contributed by atoms with van der Waals surface area (Å²) in [6.45, 7) is 7.27. The number of carboxylic acid groups (broad SMARTS) is 1.